The Morgan fingerprint density at radius 2 is 0.882 bits per heavy atom. The van der Waals surface area contributed by atoms with Gasteiger partial charge in [-0.1, -0.05) is 152 Å². The maximum atomic E-state index is 6.82. The molecular weight excluding hydrogens is 619 g/mol. The zero-order chi connectivity index (χ0) is 33.8. The SMILES string of the molecule is c1ccc(-c2cccc(N(c3ccccc3)c3ccc4c(c3)C3(c5ccccc5Oc5cccc(-c6ccccc6)c53)c3ccccc3-4)c2)cc1. The number of fused-ring (bicyclic) bond motifs is 9. The highest BCUT2D eigenvalue weighted by Crippen LogP contribution is 2.64. The fraction of sp³-hybridized carbons (Fsp3) is 0.0204. The van der Waals surface area contributed by atoms with E-state index in [9.17, 15) is 0 Å². The average Bonchev–Trinajstić information content (AvgIpc) is 3.49. The number of benzene rings is 8. The molecule has 0 amide bonds. The Labute approximate surface area is 298 Å². The van der Waals surface area contributed by atoms with Crippen molar-refractivity contribution in [3.8, 4) is 44.9 Å². The van der Waals surface area contributed by atoms with E-state index >= 15 is 0 Å². The second kappa shape index (κ2) is 11.8. The molecule has 0 radical (unpaired) electrons. The van der Waals surface area contributed by atoms with Gasteiger partial charge in [-0.25, -0.2) is 0 Å². The number of hydrogen-bond acceptors (Lipinski definition) is 2. The zero-order valence-electron chi connectivity index (χ0n) is 27.9. The summed E-state index contributed by atoms with van der Waals surface area (Å²) >= 11 is 0. The van der Waals surface area contributed by atoms with E-state index in [2.05, 4.69) is 205 Å². The summed E-state index contributed by atoms with van der Waals surface area (Å²) in [6.45, 7) is 0. The van der Waals surface area contributed by atoms with Crippen molar-refractivity contribution < 1.29 is 4.74 Å². The Hall–Kier alpha value is -6.64. The second-order valence-corrected chi connectivity index (χ2v) is 13.3. The predicted molar refractivity (Wildman–Crippen MR) is 209 cm³/mol. The van der Waals surface area contributed by atoms with Gasteiger partial charge in [0.05, 0.1) is 5.41 Å². The minimum absolute atomic E-state index is 0.618. The highest BCUT2D eigenvalue weighted by Gasteiger charge is 2.52. The quantitative estimate of drug-likeness (QED) is 0.184. The van der Waals surface area contributed by atoms with Crippen molar-refractivity contribution in [2.45, 2.75) is 5.41 Å². The van der Waals surface area contributed by atoms with E-state index in [1.807, 2.05) is 0 Å². The van der Waals surface area contributed by atoms with Crippen LogP contribution in [0.1, 0.15) is 22.3 Å². The molecule has 0 aromatic heterocycles. The van der Waals surface area contributed by atoms with Gasteiger partial charge in [0.25, 0.3) is 0 Å². The van der Waals surface area contributed by atoms with Crippen molar-refractivity contribution >= 4 is 17.1 Å². The van der Waals surface area contributed by atoms with Crippen LogP contribution < -0.4 is 9.64 Å². The number of rotatable bonds is 5. The van der Waals surface area contributed by atoms with Gasteiger partial charge in [0, 0.05) is 28.2 Å². The van der Waals surface area contributed by atoms with Crippen LogP contribution in [0.4, 0.5) is 17.1 Å². The zero-order valence-corrected chi connectivity index (χ0v) is 27.9. The lowest BCUT2D eigenvalue weighted by Gasteiger charge is -2.41. The lowest BCUT2D eigenvalue weighted by atomic mass is 9.64. The van der Waals surface area contributed by atoms with E-state index < -0.39 is 5.41 Å². The summed E-state index contributed by atoms with van der Waals surface area (Å²) in [6, 6.07) is 72.0. The van der Waals surface area contributed by atoms with Crippen LogP contribution in [0.2, 0.25) is 0 Å². The molecule has 1 heterocycles. The van der Waals surface area contributed by atoms with E-state index in [1.165, 1.54) is 50.1 Å². The number of hydrogen-bond donors (Lipinski definition) is 0. The topological polar surface area (TPSA) is 12.5 Å². The third kappa shape index (κ3) is 4.50. The van der Waals surface area contributed by atoms with Crippen molar-refractivity contribution in [3.63, 3.8) is 0 Å². The van der Waals surface area contributed by atoms with Gasteiger partial charge in [-0.2, -0.15) is 0 Å². The molecular formula is C49H33NO. The molecule has 0 bridgehead atoms. The molecule has 1 spiro atoms. The number of nitrogens with zero attached hydrogens (tertiary/aromatic N) is 1. The molecule has 1 aliphatic heterocycles. The molecule has 2 aliphatic rings. The number of anilines is 3. The molecule has 2 nitrogen and oxygen atoms in total. The van der Waals surface area contributed by atoms with Crippen LogP contribution in [0.5, 0.6) is 11.5 Å². The van der Waals surface area contributed by atoms with Gasteiger partial charge in [0.2, 0.25) is 0 Å². The molecule has 51 heavy (non-hydrogen) atoms. The van der Waals surface area contributed by atoms with Crippen LogP contribution in [-0.4, -0.2) is 0 Å². The Bertz CT molecular complexity index is 2560. The predicted octanol–water partition coefficient (Wildman–Crippen LogP) is 13.0. The van der Waals surface area contributed by atoms with Crippen LogP contribution in [-0.2, 0) is 5.41 Å². The van der Waals surface area contributed by atoms with E-state index in [1.54, 1.807) is 0 Å². The van der Waals surface area contributed by atoms with Gasteiger partial charge in [0.1, 0.15) is 11.5 Å². The molecule has 8 aromatic rings. The first kappa shape index (κ1) is 29.3. The first-order chi connectivity index (χ1) is 25.3. The molecule has 0 fully saturated rings. The standard InChI is InChI=1S/C49H33NO/c1-4-16-34(17-5-1)36-20-14-23-38(32-36)50(37-21-8-3-9-22-37)39-30-31-42-41-24-10-11-26-43(41)49(45(42)33-39)44-27-12-13-28-46(44)51-47-29-15-25-40(48(47)49)35-18-6-2-7-19-35/h1-33H. The van der Waals surface area contributed by atoms with Gasteiger partial charge >= 0.3 is 0 Å². The van der Waals surface area contributed by atoms with Gasteiger partial charge in [0.15, 0.2) is 0 Å². The van der Waals surface area contributed by atoms with Gasteiger partial charge in [-0.15, -0.1) is 0 Å². The summed E-state index contributed by atoms with van der Waals surface area (Å²) < 4.78 is 6.82. The minimum Gasteiger partial charge on any atom is -0.457 e. The summed E-state index contributed by atoms with van der Waals surface area (Å²) in [5, 5.41) is 0. The fourth-order valence-corrected chi connectivity index (χ4v) is 8.43. The summed E-state index contributed by atoms with van der Waals surface area (Å²) in [6.07, 6.45) is 0. The second-order valence-electron chi connectivity index (χ2n) is 13.3. The normalized spacial score (nSPS) is 14.9. The summed E-state index contributed by atoms with van der Waals surface area (Å²) in [5.41, 5.74) is 14.7. The molecule has 10 rings (SSSR count). The van der Waals surface area contributed by atoms with Crippen LogP contribution >= 0.6 is 0 Å². The third-order valence-electron chi connectivity index (χ3n) is 10.5. The molecule has 2 heteroatoms. The lowest BCUT2D eigenvalue weighted by molar-refractivity contribution is 0.437. The molecule has 1 atom stereocenters. The van der Waals surface area contributed by atoms with Gasteiger partial charge < -0.3 is 9.64 Å². The maximum absolute atomic E-state index is 6.82. The largest absolute Gasteiger partial charge is 0.457 e. The van der Waals surface area contributed by atoms with Crippen molar-refractivity contribution in [1.29, 1.82) is 0 Å². The molecule has 1 unspecified atom stereocenters. The molecule has 0 saturated carbocycles. The van der Waals surface area contributed by atoms with Crippen molar-refractivity contribution in [1.82, 2.24) is 0 Å². The van der Waals surface area contributed by atoms with E-state index in [0.29, 0.717) is 0 Å². The molecule has 8 aromatic carbocycles. The Balaban J connectivity index is 1.28. The molecule has 1 aliphatic carbocycles. The van der Waals surface area contributed by atoms with Crippen LogP contribution in [0.3, 0.4) is 0 Å². The van der Waals surface area contributed by atoms with Crippen molar-refractivity contribution in [2.24, 2.45) is 0 Å². The molecule has 0 N–H and O–H groups in total. The number of ether oxygens (including phenoxy) is 1. The smallest absolute Gasteiger partial charge is 0.132 e. The Morgan fingerprint density at radius 3 is 1.69 bits per heavy atom. The minimum atomic E-state index is -0.618. The first-order valence-electron chi connectivity index (χ1n) is 17.5. The van der Waals surface area contributed by atoms with Crippen LogP contribution in [0.25, 0.3) is 33.4 Å². The van der Waals surface area contributed by atoms with E-state index in [4.69, 9.17) is 4.74 Å². The van der Waals surface area contributed by atoms with Gasteiger partial charge in [-0.05, 0) is 93.0 Å². The number of para-hydroxylation sites is 2. The third-order valence-corrected chi connectivity index (χ3v) is 10.5. The highest BCUT2D eigenvalue weighted by atomic mass is 16.5. The first-order valence-corrected chi connectivity index (χ1v) is 17.5. The fourth-order valence-electron chi connectivity index (χ4n) is 8.43. The van der Waals surface area contributed by atoms with Crippen molar-refractivity contribution in [2.75, 3.05) is 4.90 Å². The summed E-state index contributed by atoms with van der Waals surface area (Å²) in [7, 11) is 0. The summed E-state index contributed by atoms with van der Waals surface area (Å²) in [5.74, 6) is 1.78. The molecule has 0 saturated heterocycles. The monoisotopic (exact) mass is 651 g/mol. The highest BCUT2D eigenvalue weighted by molar-refractivity contribution is 5.93. The van der Waals surface area contributed by atoms with Crippen LogP contribution in [0, 0.1) is 0 Å². The van der Waals surface area contributed by atoms with E-state index in [-0.39, 0.29) is 0 Å². The maximum Gasteiger partial charge on any atom is 0.132 e. The molecule has 240 valence electrons. The van der Waals surface area contributed by atoms with E-state index in [0.717, 1.165) is 34.1 Å². The summed E-state index contributed by atoms with van der Waals surface area (Å²) in [4.78, 5) is 2.39. The van der Waals surface area contributed by atoms with Crippen molar-refractivity contribution in [3.05, 3.63) is 222 Å². The Morgan fingerprint density at radius 1 is 0.333 bits per heavy atom. The average molecular weight is 652 g/mol. The Kier molecular flexibility index (Phi) is 6.75. The van der Waals surface area contributed by atoms with Gasteiger partial charge in [-0.3, -0.25) is 0 Å². The van der Waals surface area contributed by atoms with Crippen LogP contribution in [0.15, 0.2) is 200 Å². The lowest BCUT2D eigenvalue weighted by Crippen LogP contribution is -2.33.